The molecule has 10 nitrogen and oxygen atoms in total. The van der Waals surface area contributed by atoms with Crippen LogP contribution in [0.4, 0.5) is 11.4 Å². The summed E-state index contributed by atoms with van der Waals surface area (Å²) < 4.78 is 14.7. The number of nitrogens with two attached hydrogens (primary N) is 2. The van der Waals surface area contributed by atoms with Crippen molar-refractivity contribution in [1.82, 2.24) is 9.69 Å². The molecule has 1 unspecified atom stereocenters. The number of nitrogens with zero attached hydrogens (tertiary/aromatic N) is 2. The first-order valence-corrected chi connectivity index (χ1v) is 11.4. The predicted octanol–water partition coefficient (Wildman–Crippen LogP) is 2.98. The molecule has 3 amide bonds. The van der Waals surface area contributed by atoms with Crippen molar-refractivity contribution in [2.75, 3.05) is 24.3 Å². The number of hydrogen-bond acceptors (Lipinski definition) is 8. The van der Waals surface area contributed by atoms with E-state index in [0.29, 0.717) is 23.9 Å². The number of amides is 3. The van der Waals surface area contributed by atoms with E-state index < -0.39 is 23.8 Å². The van der Waals surface area contributed by atoms with Crippen LogP contribution in [0.5, 0.6) is 5.75 Å². The van der Waals surface area contributed by atoms with E-state index in [4.69, 9.17) is 20.6 Å². The number of aromatic nitrogens is 1. The lowest BCUT2D eigenvalue weighted by Gasteiger charge is -2.29. The highest BCUT2D eigenvalue weighted by Crippen LogP contribution is 2.34. The summed E-state index contributed by atoms with van der Waals surface area (Å²) in [6, 6.07) is 8.70. The third-order valence-electron chi connectivity index (χ3n) is 5.07. The first-order chi connectivity index (χ1) is 16.2. The van der Waals surface area contributed by atoms with Crippen LogP contribution in [0.2, 0.25) is 0 Å². The highest BCUT2D eigenvalue weighted by Gasteiger charge is 2.37. The zero-order valence-electron chi connectivity index (χ0n) is 19.1. The minimum Gasteiger partial charge on any atom is -0.497 e. The Bertz CT molecular complexity index is 1140. The monoisotopic (exact) mass is 485 g/mol. The zero-order chi connectivity index (χ0) is 24.8. The van der Waals surface area contributed by atoms with Gasteiger partial charge in [-0.1, -0.05) is 13.8 Å². The second-order valence-corrected chi connectivity index (χ2v) is 8.68. The van der Waals surface area contributed by atoms with E-state index in [1.165, 1.54) is 18.3 Å². The van der Waals surface area contributed by atoms with Crippen molar-refractivity contribution < 1.29 is 23.5 Å². The van der Waals surface area contributed by atoms with Crippen molar-refractivity contribution >= 4 is 40.6 Å². The molecule has 0 bridgehead atoms. The van der Waals surface area contributed by atoms with E-state index in [0.717, 1.165) is 18.0 Å². The van der Waals surface area contributed by atoms with Crippen molar-refractivity contribution in [3.05, 3.63) is 59.0 Å². The van der Waals surface area contributed by atoms with E-state index in [1.807, 2.05) is 13.8 Å². The van der Waals surface area contributed by atoms with Crippen molar-refractivity contribution in [2.24, 2.45) is 11.7 Å². The fourth-order valence-electron chi connectivity index (χ4n) is 3.27. The Morgan fingerprint density at radius 1 is 1.21 bits per heavy atom. The summed E-state index contributed by atoms with van der Waals surface area (Å²) in [5.74, 6) is -0.709. The first-order valence-electron chi connectivity index (χ1n) is 10.6. The molecule has 1 aromatic carbocycles. The molecule has 34 heavy (non-hydrogen) atoms. The summed E-state index contributed by atoms with van der Waals surface area (Å²) >= 11 is 0.737. The van der Waals surface area contributed by atoms with E-state index in [1.54, 1.807) is 36.4 Å². The van der Waals surface area contributed by atoms with Crippen LogP contribution in [0.3, 0.4) is 0 Å². The number of methoxy groups -OCH3 is 1. The number of hydrogen-bond donors (Lipinski definition) is 3. The number of primary amides is 1. The molecule has 0 spiro atoms. The first kappa shape index (κ1) is 24.8. The molecular formula is C23H27N5O5S. The molecule has 2 aromatic heterocycles. The minimum atomic E-state index is -1.15. The van der Waals surface area contributed by atoms with Gasteiger partial charge in [-0.2, -0.15) is 4.37 Å². The molecule has 3 rings (SSSR count). The smallest absolute Gasteiger partial charge is 0.273 e. The van der Waals surface area contributed by atoms with Gasteiger partial charge in [0.1, 0.15) is 16.4 Å². The molecule has 0 radical (unpaired) electrons. The number of carbonyl (C=O) groups excluding carboxylic acids is 3. The van der Waals surface area contributed by atoms with Crippen LogP contribution >= 0.6 is 11.5 Å². The van der Waals surface area contributed by atoms with Crippen LogP contribution in [-0.4, -0.2) is 35.7 Å². The summed E-state index contributed by atoms with van der Waals surface area (Å²) in [7, 11) is 1.52. The molecular weight excluding hydrogens is 458 g/mol. The lowest BCUT2D eigenvalue weighted by Crippen LogP contribution is -2.44. The number of carbonyl (C=O) groups is 3. The molecule has 0 aliphatic heterocycles. The molecule has 2 heterocycles. The molecule has 11 heteroatoms. The fourth-order valence-corrected chi connectivity index (χ4v) is 4.01. The van der Waals surface area contributed by atoms with Gasteiger partial charge < -0.3 is 25.9 Å². The van der Waals surface area contributed by atoms with Gasteiger partial charge in [0.2, 0.25) is 0 Å². The number of furan rings is 1. The maximum absolute atomic E-state index is 13.8. The topological polar surface area (TPSA) is 154 Å². The molecule has 0 saturated carbocycles. The lowest BCUT2D eigenvalue weighted by molar-refractivity contribution is -0.122. The molecule has 3 aromatic rings. The molecule has 5 N–H and O–H groups in total. The Kier molecular flexibility index (Phi) is 7.90. The molecule has 180 valence electrons. The largest absolute Gasteiger partial charge is 0.497 e. The van der Waals surface area contributed by atoms with E-state index in [2.05, 4.69) is 9.69 Å². The number of nitrogens with one attached hydrogen (secondary N) is 1. The highest BCUT2D eigenvalue weighted by atomic mass is 32.1. The lowest BCUT2D eigenvalue weighted by atomic mass is 10.1. The predicted molar refractivity (Wildman–Crippen MR) is 129 cm³/mol. The normalized spacial score (nSPS) is 11.8. The van der Waals surface area contributed by atoms with Crippen molar-refractivity contribution in [1.29, 1.82) is 0 Å². The van der Waals surface area contributed by atoms with Gasteiger partial charge in [-0.15, -0.1) is 0 Å². The third kappa shape index (κ3) is 5.37. The molecule has 0 fully saturated rings. The average Bonchev–Trinajstić information content (AvgIpc) is 3.46. The van der Waals surface area contributed by atoms with Gasteiger partial charge in [0.15, 0.2) is 11.7 Å². The van der Waals surface area contributed by atoms with Gasteiger partial charge in [-0.3, -0.25) is 19.3 Å². The Morgan fingerprint density at radius 2 is 1.91 bits per heavy atom. The van der Waals surface area contributed by atoms with E-state index in [-0.39, 0.29) is 22.0 Å². The van der Waals surface area contributed by atoms with E-state index >= 15 is 0 Å². The summed E-state index contributed by atoms with van der Waals surface area (Å²) in [5, 5.41) is 2.88. The van der Waals surface area contributed by atoms with Gasteiger partial charge >= 0.3 is 0 Å². The SMILES string of the molecule is COc1ccc(N(C(=O)c2snc(C(N)=O)c2N)C(C(=O)NCCC(C)C)c2ccco2)cc1. The van der Waals surface area contributed by atoms with Crippen LogP contribution in [0, 0.1) is 5.92 Å². The summed E-state index contributed by atoms with van der Waals surface area (Å²) in [5.41, 5.74) is 11.4. The number of nitrogen functional groups attached to an aromatic ring is 1. The van der Waals surface area contributed by atoms with Gasteiger partial charge in [0, 0.05) is 12.2 Å². The maximum atomic E-state index is 13.8. The second-order valence-electron chi connectivity index (χ2n) is 7.90. The maximum Gasteiger partial charge on any atom is 0.273 e. The molecule has 0 saturated heterocycles. The summed E-state index contributed by atoms with van der Waals surface area (Å²) in [6.45, 7) is 4.52. The molecule has 0 aliphatic carbocycles. The van der Waals surface area contributed by atoms with Crippen molar-refractivity contribution in [3.63, 3.8) is 0 Å². The van der Waals surface area contributed by atoms with Crippen LogP contribution in [0.25, 0.3) is 0 Å². The van der Waals surface area contributed by atoms with Gasteiger partial charge in [-0.25, -0.2) is 0 Å². The van der Waals surface area contributed by atoms with Crippen LogP contribution in [-0.2, 0) is 4.79 Å². The highest BCUT2D eigenvalue weighted by molar-refractivity contribution is 7.09. The Hall–Kier alpha value is -3.86. The minimum absolute atomic E-state index is 0.0174. The fraction of sp³-hybridized carbons (Fsp3) is 0.304. The van der Waals surface area contributed by atoms with Crippen LogP contribution in [0.1, 0.15) is 52.2 Å². The van der Waals surface area contributed by atoms with Gasteiger partial charge in [0.05, 0.1) is 19.1 Å². The number of anilines is 2. The second kappa shape index (κ2) is 10.8. The Balaban J connectivity index is 2.10. The Morgan fingerprint density at radius 3 is 2.44 bits per heavy atom. The average molecular weight is 486 g/mol. The van der Waals surface area contributed by atoms with Crippen molar-refractivity contribution in [2.45, 2.75) is 26.3 Å². The Labute approximate surface area is 201 Å². The van der Waals surface area contributed by atoms with Crippen molar-refractivity contribution in [3.8, 4) is 5.75 Å². The molecule has 1 atom stereocenters. The van der Waals surface area contributed by atoms with E-state index in [9.17, 15) is 14.4 Å². The van der Waals surface area contributed by atoms with Crippen LogP contribution in [0.15, 0.2) is 47.1 Å². The van der Waals surface area contributed by atoms with Gasteiger partial charge in [-0.05, 0) is 60.3 Å². The number of rotatable bonds is 10. The standard InChI is InChI=1S/C23H27N5O5S/c1-13(2)10-11-26-22(30)19(16-5-4-12-33-16)28(14-6-8-15(32-3)9-7-14)23(31)20-17(24)18(21(25)29)27-34-20/h4-9,12-13,19H,10-11,24H2,1-3H3,(H2,25,29)(H,26,30). The zero-order valence-corrected chi connectivity index (χ0v) is 19.9. The van der Waals surface area contributed by atoms with Gasteiger partial charge in [0.25, 0.3) is 17.7 Å². The van der Waals surface area contributed by atoms with Crippen LogP contribution < -0.4 is 26.4 Å². The third-order valence-corrected chi connectivity index (χ3v) is 5.92. The summed E-state index contributed by atoms with van der Waals surface area (Å²) in [4.78, 5) is 40.1. The quantitative estimate of drug-likeness (QED) is 0.399. The molecule has 0 aliphatic rings. The summed E-state index contributed by atoms with van der Waals surface area (Å²) in [6.07, 6.45) is 2.18. The number of ether oxygens (including phenoxy) is 1. The number of benzene rings is 1.